The molecule has 4 aromatic rings. The lowest BCUT2D eigenvalue weighted by Crippen LogP contribution is -2.56. The number of halogens is 1. The number of cyclic esters (lactones) is 1. The Hall–Kier alpha value is -8.75. The molecule has 0 unspecified atom stereocenters. The molecule has 1 aliphatic carbocycles. The summed E-state index contributed by atoms with van der Waals surface area (Å²) in [6.45, 7) is 0.993. The molecule has 8 amide bonds. The lowest BCUT2D eigenvalue weighted by Gasteiger charge is -2.36. The maximum absolute atomic E-state index is 15.5. The number of aliphatic carboxylic acids is 1. The fraction of sp³-hybridized carbons (Fsp3) is 0.396. The number of carbonyl (C=O) groups is 10. The standard InChI is InChI=1S/C53H57FN10O15/c1-5-53(77)32-16-37-47-30(23-63(37)51(75)31(32)24-78-52(53)76)46-36(12-11-29-26(2)33(54)17-34(61-47)45(29)46)62(4)50(74)27(3)79-25-59-40(66)20-57-48(72)35(15-28-9-7-6-8-10-28)60-41(67)21-56-39(65)19-58-49(73)38(18-55-22-44(70)71)64-42(68)13-14-43(64)69/h6-10,13-14,16-17,27,35-36,38,55,77H,5,11-12,15,18-25H2,1-4H3,(H,56,65)(H,57,72)(H,58,73)(H,59,66)(H,60,67)(H,70,71)/t27-,35+,36+,38+,53+/m1/s1. The Kier molecular flexibility index (Phi) is 16.8. The second-order valence-electron chi connectivity index (χ2n) is 19.3. The van der Waals surface area contributed by atoms with Crippen LogP contribution in [0, 0.1) is 12.7 Å². The van der Waals surface area contributed by atoms with E-state index >= 15 is 4.39 Å². The fourth-order valence-corrected chi connectivity index (χ4v) is 10.2. The van der Waals surface area contributed by atoms with E-state index in [1.165, 1.54) is 22.5 Å². The van der Waals surface area contributed by atoms with E-state index < -0.39 is 140 Å². The monoisotopic (exact) mass is 1090 g/mol. The van der Waals surface area contributed by atoms with E-state index in [0.29, 0.717) is 67.8 Å². The van der Waals surface area contributed by atoms with E-state index in [-0.39, 0.29) is 37.1 Å². The van der Waals surface area contributed by atoms with Gasteiger partial charge in [-0.05, 0) is 61.4 Å². The summed E-state index contributed by atoms with van der Waals surface area (Å²) >= 11 is 0. The Balaban J connectivity index is 0.862. The van der Waals surface area contributed by atoms with Crippen molar-refractivity contribution in [2.24, 2.45) is 0 Å². The quantitative estimate of drug-likeness (QED) is 0.0222. The summed E-state index contributed by atoms with van der Waals surface area (Å²) in [6, 6.07) is 8.05. The number of hydrogen-bond acceptors (Lipinski definition) is 16. The van der Waals surface area contributed by atoms with Crippen LogP contribution in [-0.2, 0) is 89.0 Å². The van der Waals surface area contributed by atoms with Crippen molar-refractivity contribution in [3.63, 3.8) is 0 Å². The number of ether oxygens (including phenoxy) is 2. The summed E-state index contributed by atoms with van der Waals surface area (Å²) in [4.78, 5) is 149. The molecule has 2 aromatic heterocycles. The molecule has 79 heavy (non-hydrogen) atoms. The highest BCUT2D eigenvalue weighted by atomic mass is 19.1. The number of nitrogens with zero attached hydrogens (tertiary/aromatic N) is 4. The lowest BCUT2D eigenvalue weighted by atomic mass is 9.81. The van der Waals surface area contributed by atoms with Gasteiger partial charge in [-0.25, -0.2) is 14.2 Å². The second-order valence-corrected chi connectivity index (χ2v) is 19.3. The van der Waals surface area contributed by atoms with Crippen LogP contribution in [-0.4, -0.2) is 153 Å². The highest BCUT2D eigenvalue weighted by Gasteiger charge is 2.46. The van der Waals surface area contributed by atoms with Gasteiger partial charge in [0.1, 0.15) is 37.3 Å². The molecule has 26 heteroatoms. The third kappa shape index (κ3) is 11.6. The Morgan fingerprint density at radius 2 is 1.57 bits per heavy atom. The van der Waals surface area contributed by atoms with Crippen molar-refractivity contribution in [3.05, 3.63) is 110 Å². The number of carboxylic acids is 1. The van der Waals surface area contributed by atoms with Crippen LogP contribution < -0.4 is 37.5 Å². The number of nitrogens with one attached hydrogen (secondary N) is 6. The number of aromatic nitrogens is 2. The number of benzene rings is 2. The number of pyridine rings is 2. The summed E-state index contributed by atoms with van der Waals surface area (Å²) in [5.41, 5.74) is 1.69. The minimum Gasteiger partial charge on any atom is -0.480 e. The first kappa shape index (κ1) is 56.5. The molecule has 8 N–H and O–H groups in total. The Morgan fingerprint density at radius 1 is 0.899 bits per heavy atom. The van der Waals surface area contributed by atoms with Gasteiger partial charge in [-0.2, -0.15) is 0 Å². The van der Waals surface area contributed by atoms with Gasteiger partial charge >= 0.3 is 11.9 Å². The molecule has 0 saturated heterocycles. The van der Waals surface area contributed by atoms with Gasteiger partial charge in [-0.15, -0.1) is 0 Å². The molecular weight excluding hydrogens is 1040 g/mol. The molecule has 5 heterocycles. The number of imide groups is 1. The molecule has 3 aliphatic heterocycles. The second kappa shape index (κ2) is 23.5. The normalized spacial score (nSPS) is 17.9. The van der Waals surface area contributed by atoms with E-state index in [1.807, 2.05) is 0 Å². The molecule has 416 valence electrons. The first-order valence-corrected chi connectivity index (χ1v) is 25.2. The molecule has 0 spiro atoms. The van der Waals surface area contributed by atoms with Crippen LogP contribution in [0.1, 0.15) is 71.7 Å². The van der Waals surface area contributed by atoms with Crippen molar-refractivity contribution in [1.29, 1.82) is 0 Å². The van der Waals surface area contributed by atoms with Crippen LogP contribution in [0.3, 0.4) is 0 Å². The molecule has 0 saturated carbocycles. The van der Waals surface area contributed by atoms with Crippen molar-refractivity contribution in [2.45, 2.75) is 89.4 Å². The number of fused-ring (bicyclic) bond motifs is 5. The van der Waals surface area contributed by atoms with Crippen molar-refractivity contribution < 1.29 is 72.0 Å². The Morgan fingerprint density at radius 3 is 2.25 bits per heavy atom. The van der Waals surface area contributed by atoms with Crippen LogP contribution in [0.2, 0.25) is 0 Å². The third-order valence-corrected chi connectivity index (χ3v) is 14.4. The van der Waals surface area contributed by atoms with Crippen LogP contribution in [0.15, 0.2) is 59.4 Å². The van der Waals surface area contributed by atoms with Gasteiger partial charge in [0.15, 0.2) is 5.60 Å². The molecule has 25 nitrogen and oxygen atoms in total. The molecule has 4 aliphatic rings. The number of carbonyl (C=O) groups excluding carboxylic acids is 9. The maximum atomic E-state index is 15.5. The molecule has 0 bridgehead atoms. The summed E-state index contributed by atoms with van der Waals surface area (Å²) in [7, 11) is 1.59. The zero-order valence-corrected chi connectivity index (χ0v) is 43.4. The zero-order chi connectivity index (χ0) is 57.0. The summed E-state index contributed by atoms with van der Waals surface area (Å²) < 4.78 is 28.0. The van der Waals surface area contributed by atoms with Crippen LogP contribution >= 0.6 is 0 Å². The van der Waals surface area contributed by atoms with Gasteiger partial charge < -0.3 is 61.1 Å². The van der Waals surface area contributed by atoms with Gasteiger partial charge in [-0.1, -0.05) is 37.3 Å². The number of aliphatic hydroxyl groups is 1. The van der Waals surface area contributed by atoms with E-state index in [4.69, 9.17) is 19.6 Å². The van der Waals surface area contributed by atoms with E-state index in [0.717, 1.165) is 12.2 Å². The predicted molar refractivity (Wildman–Crippen MR) is 273 cm³/mol. The van der Waals surface area contributed by atoms with Crippen molar-refractivity contribution in [2.75, 3.05) is 46.5 Å². The summed E-state index contributed by atoms with van der Waals surface area (Å²) in [5, 5.41) is 35.4. The van der Waals surface area contributed by atoms with Crippen LogP contribution in [0.5, 0.6) is 0 Å². The number of carboxylic acid groups (broad SMARTS) is 1. The molecule has 0 radical (unpaired) electrons. The number of rotatable bonds is 22. The Labute approximate surface area is 449 Å². The average molecular weight is 1090 g/mol. The minimum atomic E-state index is -2.07. The number of aryl methyl sites for hydroxylation is 1. The van der Waals surface area contributed by atoms with Gasteiger partial charge in [-0.3, -0.25) is 52.8 Å². The molecular formula is C53H57FN10O15. The predicted octanol–water partition coefficient (Wildman–Crippen LogP) is -1.50. The summed E-state index contributed by atoms with van der Waals surface area (Å²) in [6.07, 6.45) is 1.38. The van der Waals surface area contributed by atoms with E-state index in [9.17, 15) is 57.8 Å². The van der Waals surface area contributed by atoms with Crippen molar-refractivity contribution in [3.8, 4) is 11.4 Å². The fourth-order valence-electron chi connectivity index (χ4n) is 10.2. The first-order valence-electron chi connectivity index (χ1n) is 25.2. The third-order valence-electron chi connectivity index (χ3n) is 14.4. The number of esters is 1. The van der Waals surface area contributed by atoms with Crippen LogP contribution in [0.25, 0.3) is 22.3 Å². The highest BCUT2D eigenvalue weighted by molar-refractivity contribution is 6.15. The largest absolute Gasteiger partial charge is 0.480 e. The topological polar surface area (TPSA) is 343 Å². The Bertz CT molecular complexity index is 3290. The van der Waals surface area contributed by atoms with E-state index in [2.05, 4.69) is 31.9 Å². The zero-order valence-electron chi connectivity index (χ0n) is 43.4. The molecule has 8 rings (SSSR count). The average Bonchev–Trinajstić information content (AvgIpc) is 4.19. The highest BCUT2D eigenvalue weighted by Crippen LogP contribution is 2.47. The first-order chi connectivity index (χ1) is 37.6. The van der Waals surface area contributed by atoms with E-state index in [1.54, 1.807) is 57.3 Å². The van der Waals surface area contributed by atoms with Gasteiger partial charge in [0, 0.05) is 54.7 Å². The number of likely N-dealkylation sites (N-methyl/N-ethyl adjacent to an activating group) is 1. The van der Waals surface area contributed by atoms with Crippen LogP contribution in [0.4, 0.5) is 4.39 Å². The minimum absolute atomic E-state index is 0.0346. The molecule has 2 aromatic carbocycles. The molecule has 0 fully saturated rings. The SMILES string of the molecule is CC[C@@]1(O)C(=O)OCc2c1cc1n(c2=O)Cc2c-1nc1cc(F)c(C)c3c1c2[C@@H](N(C)C(=O)[C@@H](C)OCNC(=O)CNC(=O)[C@H](Cc1ccccc1)NC(=O)CNC(=O)CNC(=O)[C@H](CNCC(=O)O)N1C(=O)C=CC1=O)CC3. The molecule has 5 atom stereocenters. The van der Waals surface area contributed by atoms with Gasteiger partial charge in [0.25, 0.3) is 23.3 Å². The van der Waals surface area contributed by atoms with Gasteiger partial charge in [0.05, 0.1) is 61.2 Å². The summed E-state index contributed by atoms with van der Waals surface area (Å²) in [5.74, 6) is -8.92. The maximum Gasteiger partial charge on any atom is 0.343 e. The number of hydrogen-bond donors (Lipinski definition) is 8. The smallest absolute Gasteiger partial charge is 0.343 e. The van der Waals surface area contributed by atoms with Crippen molar-refractivity contribution >= 4 is 70.1 Å². The van der Waals surface area contributed by atoms with Gasteiger partial charge in [0.2, 0.25) is 29.5 Å². The van der Waals surface area contributed by atoms with Crippen molar-refractivity contribution in [1.82, 2.24) is 51.3 Å². The lowest BCUT2D eigenvalue weighted by molar-refractivity contribution is -0.172. The number of amides is 8.